The van der Waals surface area contributed by atoms with E-state index >= 15 is 0 Å². The van der Waals surface area contributed by atoms with Gasteiger partial charge >= 0.3 is 0 Å². The molecule has 3 N–H and O–H groups in total. The van der Waals surface area contributed by atoms with Gasteiger partial charge in [-0.25, -0.2) is 15.0 Å². The molecular weight excluding hydrogens is 488 g/mol. The van der Waals surface area contributed by atoms with Gasteiger partial charge in [0.2, 0.25) is 0 Å². The fourth-order valence-electron chi connectivity index (χ4n) is 6.57. The second-order valence-corrected chi connectivity index (χ2v) is 11.1. The van der Waals surface area contributed by atoms with E-state index in [1.54, 1.807) is 19.5 Å². The molecule has 6 heterocycles. The zero-order chi connectivity index (χ0) is 26.3. The number of piperidine rings is 1. The first-order valence-corrected chi connectivity index (χ1v) is 13.6. The van der Waals surface area contributed by atoms with Crippen LogP contribution in [0.5, 0.6) is 5.75 Å². The SMILES string of the molecule is COCOC[C@H]1CC2COc3c(-c4cnc(N5CCC6(CC5)CO[C@@H](C)[C@H]6N)c(CO)n4)ccnc3N2C1. The number of hydrogen-bond donors (Lipinski definition) is 2. The molecule has 6 rings (SSSR count). The summed E-state index contributed by atoms with van der Waals surface area (Å²) >= 11 is 0. The number of hydrogen-bond acceptors (Lipinski definition) is 11. The van der Waals surface area contributed by atoms with Crippen molar-refractivity contribution in [3.8, 4) is 17.0 Å². The number of aromatic nitrogens is 3. The minimum atomic E-state index is -0.192. The maximum Gasteiger partial charge on any atom is 0.172 e. The van der Waals surface area contributed by atoms with E-state index in [0.717, 1.165) is 61.8 Å². The highest BCUT2D eigenvalue weighted by Crippen LogP contribution is 2.44. The monoisotopic (exact) mass is 526 g/mol. The van der Waals surface area contributed by atoms with Crippen molar-refractivity contribution >= 4 is 11.6 Å². The summed E-state index contributed by atoms with van der Waals surface area (Å²) in [6, 6.07) is 2.23. The summed E-state index contributed by atoms with van der Waals surface area (Å²) in [5.74, 6) is 2.67. The second-order valence-electron chi connectivity index (χ2n) is 11.1. The number of pyridine rings is 1. The third kappa shape index (κ3) is 4.50. The molecule has 0 radical (unpaired) electrons. The third-order valence-electron chi connectivity index (χ3n) is 8.79. The Bertz CT molecular complexity index is 1140. The molecule has 1 unspecified atom stereocenters. The lowest BCUT2D eigenvalue weighted by Gasteiger charge is -2.41. The summed E-state index contributed by atoms with van der Waals surface area (Å²) in [6.07, 6.45) is 6.53. The van der Waals surface area contributed by atoms with Crippen molar-refractivity contribution in [2.24, 2.45) is 17.1 Å². The number of nitrogens with zero attached hydrogens (tertiary/aromatic N) is 5. The van der Waals surface area contributed by atoms with Crippen LogP contribution in [0.3, 0.4) is 0 Å². The van der Waals surface area contributed by atoms with Gasteiger partial charge < -0.3 is 39.6 Å². The molecule has 11 nitrogen and oxygen atoms in total. The van der Waals surface area contributed by atoms with Crippen LogP contribution < -0.4 is 20.3 Å². The van der Waals surface area contributed by atoms with E-state index in [1.807, 2.05) is 6.07 Å². The highest BCUT2D eigenvalue weighted by Gasteiger charge is 2.48. The van der Waals surface area contributed by atoms with Gasteiger partial charge in [0.1, 0.15) is 19.1 Å². The standard InChI is InChI=1S/C27H38N6O5/c1-17-24(28)27(15-38-17)4-7-32(8-5-27)25-22(12-34)31-21(10-30-25)20-3-6-29-26-23(20)37-14-19-9-18(11-33(19)26)13-36-16-35-2/h3,6,10,17-19,24,34H,4-5,7-9,11-16,28H2,1-2H3/t17-,18-,19?,24+/m0/s1. The Morgan fingerprint density at radius 1 is 1.24 bits per heavy atom. The summed E-state index contributed by atoms with van der Waals surface area (Å²) in [5.41, 5.74) is 8.59. The van der Waals surface area contributed by atoms with Crippen molar-refractivity contribution in [3.63, 3.8) is 0 Å². The van der Waals surface area contributed by atoms with Crippen LogP contribution in [0.2, 0.25) is 0 Å². The van der Waals surface area contributed by atoms with E-state index in [2.05, 4.69) is 21.7 Å². The molecule has 0 bridgehead atoms. The number of aliphatic hydroxyl groups excluding tert-OH is 1. The molecule has 3 saturated heterocycles. The van der Waals surface area contributed by atoms with Gasteiger partial charge in [0.15, 0.2) is 17.4 Å². The van der Waals surface area contributed by atoms with E-state index in [-0.39, 0.29) is 30.2 Å². The number of anilines is 2. The minimum Gasteiger partial charge on any atom is -0.487 e. The molecule has 3 fully saturated rings. The van der Waals surface area contributed by atoms with E-state index in [9.17, 15) is 5.11 Å². The molecule has 11 heteroatoms. The van der Waals surface area contributed by atoms with E-state index < -0.39 is 0 Å². The zero-order valence-electron chi connectivity index (χ0n) is 22.2. The summed E-state index contributed by atoms with van der Waals surface area (Å²) in [7, 11) is 1.63. The van der Waals surface area contributed by atoms with Crippen LogP contribution in [0.15, 0.2) is 18.5 Å². The largest absolute Gasteiger partial charge is 0.487 e. The van der Waals surface area contributed by atoms with Crippen LogP contribution in [0.25, 0.3) is 11.3 Å². The van der Waals surface area contributed by atoms with Gasteiger partial charge in [-0.2, -0.15) is 0 Å². The zero-order valence-corrected chi connectivity index (χ0v) is 22.2. The predicted molar refractivity (Wildman–Crippen MR) is 141 cm³/mol. The molecule has 0 amide bonds. The number of rotatable bonds is 7. The van der Waals surface area contributed by atoms with Gasteiger partial charge in [0.25, 0.3) is 0 Å². The first kappa shape index (κ1) is 25.7. The number of ether oxygens (including phenoxy) is 4. The van der Waals surface area contributed by atoms with Crippen molar-refractivity contribution in [1.29, 1.82) is 0 Å². The van der Waals surface area contributed by atoms with E-state index in [1.165, 1.54) is 0 Å². The summed E-state index contributed by atoms with van der Waals surface area (Å²) in [6.45, 7) is 6.60. The molecule has 0 aliphatic carbocycles. The van der Waals surface area contributed by atoms with Crippen molar-refractivity contribution < 1.29 is 24.1 Å². The molecule has 4 aliphatic heterocycles. The first-order chi connectivity index (χ1) is 18.5. The number of fused-ring (bicyclic) bond motifs is 3. The normalized spacial score (nSPS) is 27.9. The third-order valence-corrected chi connectivity index (χ3v) is 8.79. The molecule has 4 aliphatic rings. The van der Waals surface area contributed by atoms with Crippen LogP contribution in [0.4, 0.5) is 11.6 Å². The Hall–Kier alpha value is -2.57. The number of aliphatic hydroxyl groups is 1. The summed E-state index contributed by atoms with van der Waals surface area (Å²) in [4.78, 5) is 18.8. The van der Waals surface area contributed by atoms with Crippen molar-refractivity contribution in [2.75, 3.05) is 63.2 Å². The van der Waals surface area contributed by atoms with Crippen LogP contribution in [0, 0.1) is 11.3 Å². The van der Waals surface area contributed by atoms with Crippen LogP contribution in [0.1, 0.15) is 31.9 Å². The average molecular weight is 527 g/mol. The van der Waals surface area contributed by atoms with Crippen molar-refractivity contribution in [3.05, 3.63) is 24.2 Å². The summed E-state index contributed by atoms with van der Waals surface area (Å²) < 4.78 is 22.7. The molecule has 2 aromatic rings. The summed E-state index contributed by atoms with van der Waals surface area (Å²) in [5, 5.41) is 10.2. The maximum absolute atomic E-state index is 10.2. The Balaban J connectivity index is 1.21. The quantitative estimate of drug-likeness (QED) is 0.403. The maximum atomic E-state index is 10.2. The van der Waals surface area contributed by atoms with Gasteiger partial charge in [-0.3, -0.25) is 0 Å². The van der Waals surface area contributed by atoms with Crippen LogP contribution in [-0.4, -0.2) is 91.6 Å². The van der Waals surface area contributed by atoms with E-state index in [4.69, 9.17) is 34.6 Å². The molecule has 38 heavy (non-hydrogen) atoms. The molecule has 0 aromatic carbocycles. The van der Waals surface area contributed by atoms with Gasteiger partial charge in [-0.1, -0.05) is 0 Å². The van der Waals surface area contributed by atoms with E-state index in [0.29, 0.717) is 43.9 Å². The van der Waals surface area contributed by atoms with Crippen molar-refractivity contribution in [1.82, 2.24) is 15.0 Å². The highest BCUT2D eigenvalue weighted by atomic mass is 16.7. The lowest BCUT2D eigenvalue weighted by molar-refractivity contribution is -0.0414. The van der Waals surface area contributed by atoms with Crippen LogP contribution >= 0.6 is 0 Å². The predicted octanol–water partition coefficient (Wildman–Crippen LogP) is 1.57. The van der Waals surface area contributed by atoms with Gasteiger partial charge in [0.05, 0.1) is 43.9 Å². The fraction of sp³-hybridized carbons (Fsp3) is 0.667. The van der Waals surface area contributed by atoms with Gasteiger partial charge in [0, 0.05) is 55.9 Å². The van der Waals surface area contributed by atoms with Crippen LogP contribution in [-0.2, 0) is 20.8 Å². The minimum absolute atomic E-state index is 0.0262. The Kier molecular flexibility index (Phi) is 7.12. The number of methoxy groups -OCH3 is 1. The lowest BCUT2D eigenvalue weighted by Crippen LogP contribution is -2.51. The number of nitrogens with two attached hydrogens (primary N) is 1. The lowest BCUT2D eigenvalue weighted by atomic mass is 9.73. The smallest absolute Gasteiger partial charge is 0.172 e. The van der Waals surface area contributed by atoms with Gasteiger partial charge in [-0.15, -0.1) is 0 Å². The molecule has 4 atom stereocenters. The van der Waals surface area contributed by atoms with Gasteiger partial charge in [-0.05, 0) is 32.3 Å². The fourth-order valence-corrected chi connectivity index (χ4v) is 6.57. The molecule has 0 saturated carbocycles. The Morgan fingerprint density at radius 2 is 2.08 bits per heavy atom. The topological polar surface area (TPSA) is 128 Å². The highest BCUT2D eigenvalue weighted by molar-refractivity contribution is 5.75. The Morgan fingerprint density at radius 3 is 2.82 bits per heavy atom. The second kappa shape index (κ2) is 10.5. The Labute approximate surface area is 223 Å². The molecule has 2 aromatic heterocycles. The average Bonchev–Trinajstić information content (AvgIpc) is 3.50. The molecule has 206 valence electrons. The first-order valence-electron chi connectivity index (χ1n) is 13.6. The van der Waals surface area contributed by atoms with Crippen molar-refractivity contribution in [2.45, 2.75) is 51.0 Å². The molecule has 1 spiro atoms. The molecular formula is C27H38N6O5.